The summed E-state index contributed by atoms with van der Waals surface area (Å²) < 4.78 is 5.41. The van der Waals surface area contributed by atoms with Crippen molar-refractivity contribution in [2.24, 2.45) is 0 Å². The van der Waals surface area contributed by atoms with Gasteiger partial charge in [0.15, 0.2) is 0 Å². The van der Waals surface area contributed by atoms with Crippen molar-refractivity contribution in [2.45, 2.75) is 25.0 Å². The van der Waals surface area contributed by atoms with E-state index in [1.807, 2.05) is 78.9 Å². The number of H-pyrrole nitrogens is 1. The van der Waals surface area contributed by atoms with Gasteiger partial charge in [-0.25, -0.2) is 9.69 Å². The number of amides is 4. The van der Waals surface area contributed by atoms with Crippen molar-refractivity contribution >= 4 is 34.4 Å². The molecule has 0 radical (unpaired) electrons. The molecule has 8 nitrogen and oxygen atoms in total. The molecule has 0 spiro atoms. The van der Waals surface area contributed by atoms with E-state index in [1.165, 1.54) is 4.90 Å². The van der Waals surface area contributed by atoms with Gasteiger partial charge in [0.05, 0.1) is 18.4 Å². The number of aromatic nitrogens is 1. The van der Waals surface area contributed by atoms with Crippen LogP contribution in [0.3, 0.4) is 0 Å². The van der Waals surface area contributed by atoms with Crippen LogP contribution in [-0.2, 0) is 17.8 Å². The van der Waals surface area contributed by atoms with Crippen molar-refractivity contribution in [1.29, 1.82) is 0 Å². The Morgan fingerprint density at radius 3 is 2.45 bits per heavy atom. The first-order valence-corrected chi connectivity index (χ1v) is 13.9. The number of carbonyl (C=O) groups is 3. The number of hydrogen-bond donors (Lipinski definition) is 2. The van der Waals surface area contributed by atoms with Gasteiger partial charge < -0.3 is 15.0 Å². The van der Waals surface area contributed by atoms with E-state index in [1.54, 1.807) is 36.3 Å². The molecule has 0 bridgehead atoms. The summed E-state index contributed by atoms with van der Waals surface area (Å²) in [5.74, 6) is -0.0739. The van der Waals surface area contributed by atoms with Gasteiger partial charge >= 0.3 is 6.03 Å². The summed E-state index contributed by atoms with van der Waals surface area (Å²) in [6.07, 6.45) is 0.381. The molecule has 4 aromatic carbocycles. The number of anilines is 1. The van der Waals surface area contributed by atoms with E-state index in [2.05, 4.69) is 10.3 Å². The molecule has 7 rings (SSSR count). The lowest BCUT2D eigenvalue weighted by molar-refractivity contribution is -0.120. The van der Waals surface area contributed by atoms with E-state index in [0.717, 1.165) is 33.3 Å². The number of imide groups is 1. The fourth-order valence-corrected chi connectivity index (χ4v) is 6.26. The zero-order valence-electron chi connectivity index (χ0n) is 22.9. The number of para-hydroxylation sites is 3. The van der Waals surface area contributed by atoms with E-state index in [9.17, 15) is 14.4 Å². The molecule has 2 aliphatic rings. The molecule has 1 fully saturated rings. The van der Waals surface area contributed by atoms with Crippen LogP contribution < -0.4 is 15.0 Å². The number of carbonyl (C=O) groups excluding carboxylic acids is 3. The number of hydrogen-bond acceptors (Lipinski definition) is 4. The Hall–Kier alpha value is -5.37. The predicted octanol–water partition coefficient (Wildman–Crippen LogP) is 5.59. The molecule has 3 heterocycles. The van der Waals surface area contributed by atoms with Gasteiger partial charge in [0.2, 0.25) is 0 Å². The van der Waals surface area contributed by atoms with E-state index >= 15 is 0 Å². The molecule has 5 aromatic rings. The van der Waals surface area contributed by atoms with E-state index < -0.39 is 24.0 Å². The molecule has 2 aliphatic heterocycles. The Labute approximate surface area is 242 Å². The maximum atomic E-state index is 14.3. The highest BCUT2D eigenvalue weighted by molar-refractivity contribution is 6.24. The molecule has 1 saturated heterocycles. The van der Waals surface area contributed by atoms with Crippen LogP contribution in [0.25, 0.3) is 10.9 Å². The van der Waals surface area contributed by atoms with Gasteiger partial charge in [0.1, 0.15) is 17.8 Å². The Morgan fingerprint density at radius 2 is 1.62 bits per heavy atom. The molecule has 0 saturated carbocycles. The maximum Gasteiger partial charge on any atom is 0.332 e. The van der Waals surface area contributed by atoms with E-state index in [4.69, 9.17) is 4.74 Å². The quantitative estimate of drug-likeness (QED) is 0.267. The van der Waals surface area contributed by atoms with Gasteiger partial charge in [-0.2, -0.15) is 0 Å². The molecule has 42 heavy (non-hydrogen) atoms. The van der Waals surface area contributed by atoms with Crippen LogP contribution in [0.5, 0.6) is 5.75 Å². The molecule has 0 aliphatic carbocycles. The molecule has 1 unspecified atom stereocenters. The lowest BCUT2D eigenvalue weighted by Crippen LogP contribution is -2.44. The van der Waals surface area contributed by atoms with Crippen LogP contribution in [0.2, 0.25) is 0 Å². The van der Waals surface area contributed by atoms with Crippen LogP contribution >= 0.6 is 0 Å². The summed E-state index contributed by atoms with van der Waals surface area (Å²) in [6.45, 7) is 0.228. The average molecular weight is 557 g/mol. The minimum Gasteiger partial charge on any atom is -0.496 e. The fraction of sp³-hybridized carbons (Fsp3) is 0.147. The highest BCUT2D eigenvalue weighted by atomic mass is 16.5. The summed E-state index contributed by atoms with van der Waals surface area (Å²) in [7, 11) is 1.58. The molecule has 2 N–H and O–H groups in total. The third kappa shape index (κ3) is 4.03. The predicted molar refractivity (Wildman–Crippen MR) is 159 cm³/mol. The number of benzene rings is 4. The normalized spacial score (nSPS) is 17.7. The standard InChI is InChI=1S/C34H28N4O4/c1-42-29-18-10-5-13-22(29)20-35-32(39)24-15-7-9-17-27(24)38-33(40)28-19-25-23-14-6-8-16-26(23)36-30(25)31(37(28)34(38)41)21-11-3-2-4-12-21/h2-18,28,31,36H,19-20H2,1H3,(H,35,39)/t28-,31?/m0/s1. The summed E-state index contributed by atoms with van der Waals surface area (Å²) in [5, 5.41) is 3.97. The molecule has 2 atom stereocenters. The zero-order chi connectivity index (χ0) is 28.8. The first kappa shape index (κ1) is 25.6. The Bertz CT molecular complexity index is 1850. The second-order valence-electron chi connectivity index (χ2n) is 10.5. The van der Waals surface area contributed by atoms with Gasteiger partial charge in [-0.05, 0) is 35.4 Å². The third-order valence-corrected chi connectivity index (χ3v) is 8.19. The van der Waals surface area contributed by atoms with Gasteiger partial charge in [0, 0.05) is 35.1 Å². The number of ether oxygens (including phenoxy) is 1. The van der Waals surface area contributed by atoms with Crippen LogP contribution in [0.15, 0.2) is 103 Å². The van der Waals surface area contributed by atoms with Crippen molar-refractivity contribution in [3.05, 3.63) is 131 Å². The lowest BCUT2D eigenvalue weighted by atomic mass is 9.89. The van der Waals surface area contributed by atoms with Crippen molar-refractivity contribution in [2.75, 3.05) is 12.0 Å². The number of nitrogens with zero attached hydrogens (tertiary/aromatic N) is 2. The van der Waals surface area contributed by atoms with Crippen molar-refractivity contribution in [1.82, 2.24) is 15.2 Å². The highest BCUT2D eigenvalue weighted by Gasteiger charge is 2.53. The Kier molecular flexibility index (Phi) is 6.23. The summed E-state index contributed by atoms with van der Waals surface area (Å²) in [6, 6.07) is 30.3. The Balaban J connectivity index is 1.26. The largest absolute Gasteiger partial charge is 0.496 e. The van der Waals surface area contributed by atoms with Gasteiger partial charge in [0.25, 0.3) is 11.8 Å². The smallest absolute Gasteiger partial charge is 0.332 e. The average Bonchev–Trinajstić information content (AvgIpc) is 3.53. The van der Waals surface area contributed by atoms with Crippen LogP contribution in [-0.4, -0.2) is 40.9 Å². The van der Waals surface area contributed by atoms with Crippen molar-refractivity contribution in [3.8, 4) is 5.75 Å². The number of aromatic amines is 1. The fourth-order valence-electron chi connectivity index (χ4n) is 6.26. The number of fused-ring (bicyclic) bond motifs is 4. The van der Waals surface area contributed by atoms with E-state index in [0.29, 0.717) is 12.2 Å². The SMILES string of the molecule is COc1ccccc1CNC(=O)c1ccccc1N1C(=O)[C@@H]2Cc3c([nH]c4ccccc34)C(c3ccccc3)N2C1=O. The highest BCUT2D eigenvalue weighted by Crippen LogP contribution is 2.45. The van der Waals surface area contributed by atoms with Crippen LogP contribution in [0.4, 0.5) is 10.5 Å². The molecular weight excluding hydrogens is 528 g/mol. The summed E-state index contributed by atoms with van der Waals surface area (Å²) >= 11 is 0. The van der Waals surface area contributed by atoms with Gasteiger partial charge in [-0.15, -0.1) is 0 Å². The monoisotopic (exact) mass is 556 g/mol. The molecule has 1 aromatic heterocycles. The summed E-state index contributed by atoms with van der Waals surface area (Å²) in [4.78, 5) is 48.3. The molecule has 4 amide bonds. The first-order valence-electron chi connectivity index (χ1n) is 13.9. The molecular formula is C34H28N4O4. The Morgan fingerprint density at radius 1 is 0.905 bits per heavy atom. The topological polar surface area (TPSA) is 94.7 Å². The van der Waals surface area contributed by atoms with Crippen molar-refractivity contribution in [3.63, 3.8) is 0 Å². The lowest BCUT2D eigenvalue weighted by Gasteiger charge is -2.36. The number of rotatable bonds is 6. The molecule has 208 valence electrons. The second kappa shape index (κ2) is 10.2. The van der Waals surface area contributed by atoms with Crippen LogP contribution in [0, 0.1) is 0 Å². The minimum absolute atomic E-state index is 0.228. The van der Waals surface area contributed by atoms with E-state index in [-0.39, 0.29) is 23.7 Å². The first-order chi connectivity index (χ1) is 20.6. The maximum absolute atomic E-state index is 14.3. The zero-order valence-corrected chi connectivity index (χ0v) is 22.9. The van der Waals surface area contributed by atoms with Crippen molar-refractivity contribution < 1.29 is 19.1 Å². The minimum atomic E-state index is -0.709. The van der Waals surface area contributed by atoms with Crippen LogP contribution in [0.1, 0.15) is 38.8 Å². The number of urea groups is 1. The number of nitrogens with one attached hydrogen (secondary N) is 2. The van der Waals surface area contributed by atoms with Gasteiger partial charge in [-0.3, -0.25) is 14.5 Å². The summed E-state index contributed by atoms with van der Waals surface area (Å²) in [5.41, 5.74) is 5.14. The molecule has 8 heteroatoms. The van der Waals surface area contributed by atoms with Gasteiger partial charge in [-0.1, -0.05) is 78.9 Å². The number of methoxy groups -OCH3 is 1. The third-order valence-electron chi connectivity index (χ3n) is 8.19. The second-order valence-corrected chi connectivity index (χ2v) is 10.5.